The highest BCUT2D eigenvalue weighted by atomic mass is 16.5. The molecule has 2 rings (SSSR count). The summed E-state index contributed by atoms with van der Waals surface area (Å²) in [5.74, 6) is -0.244. The van der Waals surface area contributed by atoms with Crippen molar-refractivity contribution in [2.24, 2.45) is 0 Å². The van der Waals surface area contributed by atoms with E-state index in [9.17, 15) is 9.90 Å². The molecule has 110 valence electrons. The van der Waals surface area contributed by atoms with Crippen molar-refractivity contribution >= 4 is 5.97 Å². The number of fused-ring (bicyclic) bond motifs is 1. The van der Waals surface area contributed by atoms with Gasteiger partial charge in [-0.1, -0.05) is 18.2 Å². The van der Waals surface area contributed by atoms with Crippen LogP contribution in [0.2, 0.25) is 0 Å². The Kier molecular flexibility index (Phi) is 5.15. The number of hydrogen-bond acceptors (Lipinski definition) is 4. The van der Waals surface area contributed by atoms with Crippen LogP contribution in [-0.4, -0.2) is 31.3 Å². The first-order valence-corrected chi connectivity index (χ1v) is 7.19. The lowest BCUT2D eigenvalue weighted by Gasteiger charge is -2.23. The molecule has 1 aromatic carbocycles. The molecule has 0 aromatic heterocycles. The summed E-state index contributed by atoms with van der Waals surface area (Å²) >= 11 is 0. The van der Waals surface area contributed by atoms with Crippen LogP contribution in [0.1, 0.15) is 42.1 Å². The van der Waals surface area contributed by atoms with Crippen molar-refractivity contribution < 1.29 is 14.6 Å². The number of carbonyl (C=O) groups is 1. The van der Waals surface area contributed by atoms with E-state index < -0.39 is 6.10 Å². The minimum Gasteiger partial charge on any atom is -0.469 e. The second-order valence-corrected chi connectivity index (χ2v) is 5.34. The lowest BCUT2D eigenvalue weighted by molar-refractivity contribution is -0.140. The normalized spacial score (nSPS) is 16.6. The largest absolute Gasteiger partial charge is 0.469 e. The SMILES string of the molecule is CNC(CCC(=O)OC)C(O)c1ccc2c(c1)CCC2. The van der Waals surface area contributed by atoms with Gasteiger partial charge in [0.15, 0.2) is 0 Å². The van der Waals surface area contributed by atoms with E-state index >= 15 is 0 Å². The molecule has 0 aliphatic heterocycles. The van der Waals surface area contributed by atoms with E-state index in [-0.39, 0.29) is 12.0 Å². The lowest BCUT2D eigenvalue weighted by Crippen LogP contribution is -2.32. The van der Waals surface area contributed by atoms with Crippen molar-refractivity contribution in [1.82, 2.24) is 5.32 Å². The maximum atomic E-state index is 11.2. The van der Waals surface area contributed by atoms with Gasteiger partial charge in [-0.05, 0) is 49.4 Å². The minimum atomic E-state index is -0.601. The molecule has 0 saturated heterocycles. The molecule has 4 nitrogen and oxygen atoms in total. The average molecular weight is 277 g/mol. The molecule has 1 aliphatic carbocycles. The number of carbonyl (C=O) groups excluding carboxylic acids is 1. The summed E-state index contributed by atoms with van der Waals surface area (Å²) in [7, 11) is 3.19. The predicted molar refractivity (Wildman–Crippen MR) is 77.5 cm³/mol. The number of aliphatic hydroxyl groups is 1. The Morgan fingerprint density at radius 2 is 2.15 bits per heavy atom. The fourth-order valence-corrected chi connectivity index (χ4v) is 2.84. The van der Waals surface area contributed by atoms with Crippen molar-refractivity contribution in [3.8, 4) is 0 Å². The highest BCUT2D eigenvalue weighted by Gasteiger charge is 2.22. The molecule has 0 bridgehead atoms. The van der Waals surface area contributed by atoms with E-state index in [2.05, 4.69) is 22.2 Å². The van der Waals surface area contributed by atoms with Crippen LogP contribution in [0.25, 0.3) is 0 Å². The first kappa shape index (κ1) is 15.0. The van der Waals surface area contributed by atoms with Gasteiger partial charge in [0.2, 0.25) is 0 Å². The van der Waals surface area contributed by atoms with Crippen LogP contribution in [0.3, 0.4) is 0 Å². The molecule has 0 fully saturated rings. The van der Waals surface area contributed by atoms with E-state index in [0.717, 1.165) is 18.4 Å². The van der Waals surface area contributed by atoms with Gasteiger partial charge in [-0.15, -0.1) is 0 Å². The van der Waals surface area contributed by atoms with E-state index in [1.807, 2.05) is 6.07 Å². The number of esters is 1. The third-order valence-electron chi connectivity index (χ3n) is 4.10. The van der Waals surface area contributed by atoms with Crippen LogP contribution in [0.15, 0.2) is 18.2 Å². The second-order valence-electron chi connectivity index (χ2n) is 5.34. The summed E-state index contributed by atoms with van der Waals surface area (Å²) in [4.78, 5) is 11.2. The van der Waals surface area contributed by atoms with Crippen molar-refractivity contribution in [2.75, 3.05) is 14.2 Å². The molecule has 2 unspecified atom stereocenters. The highest BCUT2D eigenvalue weighted by molar-refractivity contribution is 5.69. The number of benzene rings is 1. The first-order chi connectivity index (χ1) is 9.65. The standard InChI is InChI=1S/C16H23NO3/c1-17-14(8-9-15(18)20-2)16(19)13-7-6-11-4-3-5-12(11)10-13/h6-7,10,14,16-17,19H,3-5,8-9H2,1-2H3. The third kappa shape index (κ3) is 3.38. The van der Waals surface area contributed by atoms with Gasteiger partial charge in [0, 0.05) is 12.5 Å². The number of aryl methyl sites for hydroxylation is 2. The summed E-state index contributed by atoms with van der Waals surface area (Å²) in [6.45, 7) is 0. The van der Waals surface area contributed by atoms with Gasteiger partial charge >= 0.3 is 5.97 Å². The number of ether oxygens (including phenoxy) is 1. The average Bonchev–Trinajstić information content (AvgIpc) is 2.94. The number of hydrogen-bond donors (Lipinski definition) is 2. The number of rotatable bonds is 6. The quantitative estimate of drug-likeness (QED) is 0.778. The zero-order chi connectivity index (χ0) is 14.5. The molecule has 0 radical (unpaired) electrons. The predicted octanol–water partition coefficient (Wildman–Crippen LogP) is 1.75. The first-order valence-electron chi connectivity index (χ1n) is 7.19. The molecule has 0 amide bonds. The van der Waals surface area contributed by atoms with Crippen LogP contribution in [-0.2, 0) is 22.4 Å². The van der Waals surface area contributed by atoms with Crippen LogP contribution < -0.4 is 5.32 Å². The molecule has 1 aliphatic rings. The fourth-order valence-electron chi connectivity index (χ4n) is 2.84. The zero-order valence-corrected chi connectivity index (χ0v) is 12.2. The number of nitrogens with one attached hydrogen (secondary N) is 1. The van der Waals surface area contributed by atoms with Gasteiger partial charge in [-0.3, -0.25) is 4.79 Å². The molecule has 0 spiro atoms. The van der Waals surface area contributed by atoms with Crippen LogP contribution in [0, 0.1) is 0 Å². The van der Waals surface area contributed by atoms with Crippen molar-refractivity contribution in [3.05, 3.63) is 34.9 Å². The van der Waals surface area contributed by atoms with Gasteiger partial charge in [0.25, 0.3) is 0 Å². The summed E-state index contributed by atoms with van der Waals surface area (Å²) in [6, 6.07) is 6.08. The second kappa shape index (κ2) is 6.86. The maximum Gasteiger partial charge on any atom is 0.305 e. The number of likely N-dealkylation sites (N-methyl/N-ethyl adjacent to an activating group) is 1. The zero-order valence-electron chi connectivity index (χ0n) is 12.2. The molecular weight excluding hydrogens is 254 g/mol. The minimum absolute atomic E-state index is 0.145. The Labute approximate surface area is 120 Å². The van der Waals surface area contributed by atoms with Crippen LogP contribution in [0.4, 0.5) is 0 Å². The van der Waals surface area contributed by atoms with E-state index in [1.165, 1.54) is 24.7 Å². The van der Waals surface area contributed by atoms with E-state index in [4.69, 9.17) is 0 Å². The molecule has 2 atom stereocenters. The Balaban J connectivity index is 2.04. The molecule has 1 aromatic rings. The Morgan fingerprint density at radius 1 is 1.40 bits per heavy atom. The van der Waals surface area contributed by atoms with Gasteiger partial charge < -0.3 is 15.2 Å². The van der Waals surface area contributed by atoms with Crippen LogP contribution in [0.5, 0.6) is 0 Å². The van der Waals surface area contributed by atoms with E-state index in [1.54, 1.807) is 7.05 Å². The number of aliphatic hydroxyl groups excluding tert-OH is 1. The molecule has 2 N–H and O–H groups in total. The smallest absolute Gasteiger partial charge is 0.305 e. The van der Waals surface area contributed by atoms with Crippen molar-refractivity contribution in [3.63, 3.8) is 0 Å². The Hall–Kier alpha value is -1.39. The summed E-state index contributed by atoms with van der Waals surface area (Å²) in [6.07, 6.45) is 3.71. The molecule has 0 saturated carbocycles. The summed E-state index contributed by atoms with van der Waals surface area (Å²) in [5.41, 5.74) is 3.68. The highest BCUT2D eigenvalue weighted by Crippen LogP contribution is 2.27. The maximum absolute atomic E-state index is 11.2. The molecular formula is C16H23NO3. The lowest BCUT2D eigenvalue weighted by atomic mass is 9.96. The summed E-state index contributed by atoms with van der Waals surface area (Å²) in [5, 5.41) is 13.6. The number of methoxy groups -OCH3 is 1. The van der Waals surface area contributed by atoms with Gasteiger partial charge in [-0.25, -0.2) is 0 Å². The molecule has 4 heteroatoms. The topological polar surface area (TPSA) is 58.6 Å². The van der Waals surface area contributed by atoms with E-state index in [0.29, 0.717) is 12.8 Å². The summed E-state index contributed by atoms with van der Waals surface area (Å²) < 4.78 is 4.64. The fraction of sp³-hybridized carbons (Fsp3) is 0.562. The Bertz CT molecular complexity index is 473. The molecule has 20 heavy (non-hydrogen) atoms. The van der Waals surface area contributed by atoms with Crippen LogP contribution >= 0.6 is 0 Å². The monoisotopic (exact) mass is 277 g/mol. The van der Waals surface area contributed by atoms with Gasteiger partial charge in [-0.2, -0.15) is 0 Å². The third-order valence-corrected chi connectivity index (χ3v) is 4.10. The molecule has 0 heterocycles. The van der Waals surface area contributed by atoms with Gasteiger partial charge in [0.1, 0.15) is 0 Å². The van der Waals surface area contributed by atoms with Crippen molar-refractivity contribution in [1.29, 1.82) is 0 Å². The van der Waals surface area contributed by atoms with Gasteiger partial charge in [0.05, 0.1) is 13.2 Å². The Morgan fingerprint density at radius 3 is 2.85 bits per heavy atom. The van der Waals surface area contributed by atoms with Crippen molar-refractivity contribution in [2.45, 2.75) is 44.2 Å².